The zero-order valence-electron chi connectivity index (χ0n) is 50.0. The fraction of sp³-hybridized carbons (Fsp3) is 0.339. The number of likely N-dealkylation sites (N-methyl/N-ethyl adjacent to an activating group) is 2. The Bertz CT molecular complexity index is 3710. The molecular weight excluding hydrogens is 1190 g/mol. The molecule has 0 saturated carbocycles. The first-order valence-electron chi connectivity index (χ1n) is 28.7. The molecule has 0 aliphatic carbocycles. The van der Waals surface area contributed by atoms with E-state index in [1.165, 1.54) is 54.4 Å². The smallest absolute Gasteiger partial charge is 0.415 e. The molecule has 0 saturated heterocycles. The Hall–Kier alpha value is -10.3. The molecule has 2 aliphatic rings. The highest BCUT2D eigenvalue weighted by atomic mass is 35.5. The number of hydrogen-bond donors (Lipinski definition) is 8. The Kier molecular flexibility index (Phi) is 22.0. The summed E-state index contributed by atoms with van der Waals surface area (Å²) in [4.78, 5) is 142. The highest BCUT2D eigenvalue weighted by Crippen LogP contribution is 2.47. The van der Waals surface area contributed by atoms with Crippen molar-refractivity contribution in [1.82, 2.24) is 40.6 Å². The van der Waals surface area contributed by atoms with Crippen LogP contribution in [0, 0.1) is 12.8 Å². The summed E-state index contributed by atoms with van der Waals surface area (Å²) in [5.74, 6) is -3.09. The zero-order chi connectivity index (χ0) is 64.8. The predicted molar refractivity (Wildman–Crippen MR) is 331 cm³/mol. The van der Waals surface area contributed by atoms with Crippen molar-refractivity contribution >= 4 is 110 Å². The topological polar surface area (TPSA) is 356 Å². The molecular formula is C62H69ClN12O15. The molecule has 9 N–H and O–H groups in total. The number of halogens is 1. The van der Waals surface area contributed by atoms with Gasteiger partial charge in [-0.15, -0.1) is 11.6 Å². The van der Waals surface area contributed by atoms with Crippen LogP contribution in [0.15, 0.2) is 103 Å². The lowest BCUT2D eigenvalue weighted by atomic mass is 9.92. The number of pyridine rings is 1. The molecule has 3 atom stereocenters. The molecule has 0 spiro atoms. The number of primary amides is 1. The Morgan fingerprint density at radius 3 is 2.24 bits per heavy atom. The molecule has 474 valence electrons. The number of fused-ring (bicyclic) bond motifs is 4. The van der Waals surface area contributed by atoms with Gasteiger partial charge in [0.25, 0.3) is 23.6 Å². The minimum absolute atomic E-state index is 0.0149. The highest BCUT2D eigenvalue weighted by molar-refractivity contribution is 6.20. The average Bonchev–Trinajstić information content (AvgIpc) is 1.59. The van der Waals surface area contributed by atoms with Gasteiger partial charge in [-0.05, 0) is 96.3 Å². The summed E-state index contributed by atoms with van der Waals surface area (Å²) in [6, 6.07) is 19.6. The number of alkyl halides is 1. The minimum Gasteiger partial charge on any atom is -0.508 e. The fourth-order valence-electron chi connectivity index (χ4n) is 9.93. The van der Waals surface area contributed by atoms with E-state index in [2.05, 4.69) is 36.6 Å². The number of ether oxygens (including phenoxy) is 4. The molecule has 0 bridgehead atoms. The van der Waals surface area contributed by atoms with Crippen LogP contribution in [0.3, 0.4) is 0 Å². The van der Waals surface area contributed by atoms with Crippen LogP contribution in [0.5, 0.6) is 11.5 Å². The van der Waals surface area contributed by atoms with Crippen molar-refractivity contribution < 1.29 is 72.0 Å². The van der Waals surface area contributed by atoms with Crippen LogP contribution >= 0.6 is 11.6 Å². The SMILES string of the molecule is Cc1cccc2c(OC(=O)N(C)CCN(C)C(=O)OCc3ccc(NC(=O)[C@H](CCCNC(N)=O)NC(=O)[C@@H](NC(=O)OCCOCCN4C(=O)C=CC4=O)C(C)C)cc3)cc3c(c12)[C@H](CCl)CN3C(=O)c1cc2cc(NC(=O)c3ccc(O)cc3)ncc2[nH]1. The normalized spacial score (nSPS) is 14.0. The number of carbonyl (C=O) groups excluding carboxylic acids is 10. The van der Waals surface area contributed by atoms with Crippen LogP contribution < -0.4 is 42.0 Å². The first-order chi connectivity index (χ1) is 43.1. The number of H-pyrrole nitrogens is 1. The van der Waals surface area contributed by atoms with E-state index < -0.39 is 71.8 Å². The van der Waals surface area contributed by atoms with Gasteiger partial charge in [0, 0.05) is 92.3 Å². The van der Waals surface area contributed by atoms with Crippen LogP contribution in [0.2, 0.25) is 0 Å². The predicted octanol–water partition coefficient (Wildman–Crippen LogP) is 6.23. The molecule has 0 unspecified atom stereocenters. The van der Waals surface area contributed by atoms with Gasteiger partial charge in [-0.3, -0.25) is 33.7 Å². The van der Waals surface area contributed by atoms with Crippen molar-refractivity contribution in [2.75, 3.05) is 88.1 Å². The van der Waals surface area contributed by atoms with E-state index in [9.17, 15) is 53.1 Å². The quantitative estimate of drug-likeness (QED) is 0.0169. The number of aromatic amines is 1. The van der Waals surface area contributed by atoms with E-state index in [1.54, 1.807) is 61.2 Å². The van der Waals surface area contributed by atoms with Gasteiger partial charge in [-0.25, -0.2) is 24.2 Å². The molecule has 90 heavy (non-hydrogen) atoms. The second-order valence-electron chi connectivity index (χ2n) is 21.6. The largest absolute Gasteiger partial charge is 0.508 e. The van der Waals surface area contributed by atoms with Crippen molar-refractivity contribution in [1.29, 1.82) is 0 Å². The molecule has 0 radical (unpaired) electrons. The van der Waals surface area contributed by atoms with Crippen molar-refractivity contribution in [2.45, 2.75) is 58.2 Å². The number of urea groups is 1. The van der Waals surface area contributed by atoms with Gasteiger partial charge in [0.1, 0.15) is 48.3 Å². The van der Waals surface area contributed by atoms with E-state index >= 15 is 0 Å². The maximum absolute atomic E-state index is 14.5. The first kappa shape index (κ1) is 65.7. The van der Waals surface area contributed by atoms with Crippen LogP contribution in [0.25, 0.3) is 21.7 Å². The monoisotopic (exact) mass is 1260 g/mol. The lowest BCUT2D eigenvalue weighted by Crippen LogP contribution is -2.54. The molecule has 2 aromatic heterocycles. The average molecular weight is 1260 g/mol. The summed E-state index contributed by atoms with van der Waals surface area (Å²) in [7, 11) is 3.02. The van der Waals surface area contributed by atoms with Gasteiger partial charge in [-0.1, -0.05) is 44.2 Å². The van der Waals surface area contributed by atoms with Crippen molar-refractivity contribution in [3.63, 3.8) is 0 Å². The van der Waals surface area contributed by atoms with E-state index in [-0.39, 0.29) is 113 Å². The first-order valence-corrected chi connectivity index (χ1v) is 29.2. The second-order valence-corrected chi connectivity index (χ2v) is 21.9. The molecule has 4 aromatic carbocycles. The number of nitrogens with one attached hydrogen (secondary N) is 6. The van der Waals surface area contributed by atoms with Crippen LogP contribution in [0.4, 0.5) is 36.4 Å². The molecule has 0 fully saturated rings. The molecule has 11 amide bonds. The van der Waals surface area contributed by atoms with E-state index in [4.69, 9.17) is 36.3 Å². The number of alkyl carbamates (subject to hydrolysis) is 1. The van der Waals surface area contributed by atoms with Crippen LogP contribution in [0.1, 0.15) is 70.1 Å². The van der Waals surface area contributed by atoms with Gasteiger partial charge in [0.15, 0.2) is 0 Å². The number of aromatic nitrogens is 2. The van der Waals surface area contributed by atoms with Crippen molar-refractivity contribution in [2.24, 2.45) is 11.7 Å². The number of carbonyl (C=O) groups is 10. The number of phenolic OH excluding ortho intramolecular Hbond substituents is 1. The number of amides is 11. The zero-order valence-corrected chi connectivity index (χ0v) is 50.7. The van der Waals surface area contributed by atoms with Gasteiger partial charge >= 0.3 is 24.3 Å². The number of rotatable bonds is 26. The fourth-order valence-corrected chi connectivity index (χ4v) is 10.2. The summed E-state index contributed by atoms with van der Waals surface area (Å²) in [6.07, 6.45) is 1.75. The summed E-state index contributed by atoms with van der Waals surface area (Å²) < 4.78 is 22.2. The molecule has 8 rings (SSSR count). The molecule has 2 aliphatic heterocycles. The number of hydrogen-bond acceptors (Lipinski definition) is 16. The van der Waals surface area contributed by atoms with Crippen molar-refractivity contribution in [3.8, 4) is 11.5 Å². The molecule has 6 aromatic rings. The third kappa shape index (κ3) is 16.7. The number of benzene rings is 4. The Morgan fingerprint density at radius 1 is 0.844 bits per heavy atom. The standard InChI is InChI=1S/C62H69ClN12O15/c1-35(2)54(71-60(84)88-27-26-87-25-24-74-50(77)19-20-51(74)78)57(81)69-44(10-7-21-65-59(64)83)56(80)67-41-15-11-37(12-16-41)34-89-61(85)72(4)22-23-73(5)62(86)90-48-30-47-53(52-36(3)8-6-9-43(48)52)40(31-63)33-75(47)58(82)45-28-39-29-49(66-32-46(39)68-45)70-55(79)38-13-17-42(76)18-14-38/h6,8-9,11-20,28-30,32,35,40,44,54,68,76H,7,10,21-27,31,33-34H2,1-5H3,(H,67,80)(H,69,81)(H,71,84)(H3,64,65,83)(H,66,70,79)/t40-,44+,54+/m1/s1. The van der Waals surface area contributed by atoms with E-state index in [1.807, 2.05) is 25.1 Å². The Labute approximate surface area is 521 Å². The number of nitrogens with zero attached hydrogens (tertiary/aromatic N) is 5. The minimum atomic E-state index is -1.14. The number of phenols is 1. The lowest BCUT2D eigenvalue weighted by Gasteiger charge is -2.25. The van der Waals surface area contributed by atoms with Gasteiger partial charge in [0.05, 0.1) is 37.2 Å². The van der Waals surface area contributed by atoms with Gasteiger partial charge in [-0.2, -0.15) is 0 Å². The number of aryl methyl sites for hydroxylation is 1. The third-order valence-electron chi connectivity index (χ3n) is 14.8. The van der Waals surface area contributed by atoms with Gasteiger partial charge in [0.2, 0.25) is 11.8 Å². The number of nitrogens with two attached hydrogens (primary N) is 1. The lowest BCUT2D eigenvalue weighted by molar-refractivity contribution is -0.137. The van der Waals surface area contributed by atoms with Gasteiger partial charge < -0.3 is 76.1 Å². The maximum atomic E-state index is 14.5. The highest BCUT2D eigenvalue weighted by Gasteiger charge is 2.37. The van der Waals surface area contributed by atoms with Crippen LogP contribution in [-0.2, 0) is 40.0 Å². The molecule has 27 nitrogen and oxygen atoms in total. The van der Waals surface area contributed by atoms with Crippen LogP contribution in [-0.4, -0.2) is 174 Å². The number of aromatic hydroxyl groups is 1. The van der Waals surface area contributed by atoms with Crippen molar-refractivity contribution in [3.05, 3.63) is 131 Å². The number of anilines is 3. The molecule has 28 heteroatoms. The Morgan fingerprint density at radius 2 is 1.56 bits per heavy atom. The third-order valence-corrected chi connectivity index (χ3v) is 15.2. The van der Waals surface area contributed by atoms with E-state index in [0.29, 0.717) is 38.8 Å². The summed E-state index contributed by atoms with van der Waals surface area (Å²) >= 11 is 6.61. The molecule has 4 heterocycles. The number of imide groups is 1. The summed E-state index contributed by atoms with van der Waals surface area (Å²) in [5, 5.41) is 24.8. The summed E-state index contributed by atoms with van der Waals surface area (Å²) in [5.41, 5.74) is 9.42. The van der Waals surface area contributed by atoms with E-state index in [0.717, 1.165) is 33.6 Å². The maximum Gasteiger partial charge on any atom is 0.415 e. The second kappa shape index (κ2) is 30.1. The summed E-state index contributed by atoms with van der Waals surface area (Å²) in [6.45, 7) is 5.32. The Balaban J connectivity index is 0.825.